The van der Waals surface area contributed by atoms with Crippen LogP contribution in [0.25, 0.3) is 11.1 Å². The minimum Gasteiger partial charge on any atom is -0.760 e. The van der Waals surface area contributed by atoms with Gasteiger partial charge in [-0.1, -0.05) is 6.92 Å². The average Bonchev–Trinajstić information content (AvgIpc) is 2.88. The molecule has 0 fully saturated rings. The van der Waals surface area contributed by atoms with Crippen molar-refractivity contribution in [2.45, 2.75) is 51.3 Å². The van der Waals surface area contributed by atoms with Gasteiger partial charge in [0.05, 0.1) is 6.04 Å². The van der Waals surface area contributed by atoms with Gasteiger partial charge in [0.25, 0.3) is 5.56 Å². The maximum atomic E-state index is 15.3. The largest absolute Gasteiger partial charge is 0.760 e. The lowest BCUT2D eigenvalue weighted by molar-refractivity contribution is 0.103. The highest BCUT2D eigenvalue weighted by Crippen LogP contribution is 2.35. The fourth-order valence-electron chi connectivity index (χ4n) is 4.08. The minimum atomic E-state index is -2.54. The van der Waals surface area contributed by atoms with Crippen LogP contribution in [-0.2, 0) is 36.1 Å². The Bertz CT molecular complexity index is 1460. The SMILES string of the molecule is CCC(N[S+]([O-])C(C)(C)C)c1cc(=O)n(C)cc1-c1cc(CCNS(=O)[O-])c(F)cc1C(=O)c1ccc(F)cc1. The van der Waals surface area contributed by atoms with Gasteiger partial charge in [0.2, 0.25) is 0 Å². The summed E-state index contributed by atoms with van der Waals surface area (Å²) in [7, 11) is 1.54. The molecule has 0 saturated carbocycles. The molecule has 2 N–H and O–H groups in total. The zero-order valence-corrected chi connectivity index (χ0v) is 24.5. The molecule has 40 heavy (non-hydrogen) atoms. The highest BCUT2D eigenvalue weighted by Gasteiger charge is 2.31. The van der Waals surface area contributed by atoms with Crippen LogP contribution in [0.5, 0.6) is 0 Å². The normalized spacial score (nSPS) is 14.1. The summed E-state index contributed by atoms with van der Waals surface area (Å²) in [4.78, 5) is 26.4. The number of halogens is 2. The van der Waals surface area contributed by atoms with Crippen LogP contribution in [0.1, 0.15) is 67.2 Å². The molecule has 0 aliphatic rings. The van der Waals surface area contributed by atoms with E-state index in [1.54, 1.807) is 0 Å². The molecule has 8 nitrogen and oxygen atoms in total. The molecule has 3 aromatic rings. The zero-order chi connectivity index (χ0) is 29.8. The van der Waals surface area contributed by atoms with Crippen molar-refractivity contribution >= 4 is 28.4 Å². The van der Waals surface area contributed by atoms with Crippen molar-refractivity contribution < 1.29 is 26.9 Å². The third-order valence-corrected chi connectivity index (χ3v) is 8.34. The third kappa shape index (κ3) is 7.71. The number of aryl methyl sites for hydroxylation is 1. The zero-order valence-electron chi connectivity index (χ0n) is 22.9. The van der Waals surface area contributed by atoms with Crippen molar-refractivity contribution in [3.8, 4) is 11.1 Å². The standard InChI is InChI=1S/C28H33F2N3O5S2/c1-6-25(32-39(36)28(2,3)4)21-15-26(34)33(5)16-23(21)20-13-18(11-12-31-40(37)38)24(30)14-22(20)27(35)17-7-9-19(29)10-8-17/h7-10,13-16,25,31-32H,6,11-12H2,1-5H3,(H,37,38)/p-1. The number of aromatic nitrogens is 1. The van der Waals surface area contributed by atoms with Crippen LogP contribution >= 0.6 is 0 Å². The predicted molar refractivity (Wildman–Crippen MR) is 152 cm³/mol. The molecule has 0 bridgehead atoms. The summed E-state index contributed by atoms with van der Waals surface area (Å²) in [5.74, 6) is -1.83. The van der Waals surface area contributed by atoms with Gasteiger partial charge in [0.1, 0.15) is 16.4 Å². The highest BCUT2D eigenvalue weighted by atomic mass is 32.2. The van der Waals surface area contributed by atoms with Gasteiger partial charge in [0, 0.05) is 65.2 Å². The van der Waals surface area contributed by atoms with E-state index in [2.05, 4.69) is 9.44 Å². The Hall–Kier alpha value is -2.74. The first kappa shape index (κ1) is 31.8. The first-order valence-electron chi connectivity index (χ1n) is 12.6. The van der Waals surface area contributed by atoms with Crippen LogP contribution in [0.3, 0.4) is 0 Å². The second-order valence-corrected chi connectivity index (χ2v) is 13.0. The van der Waals surface area contributed by atoms with Gasteiger partial charge in [-0.3, -0.25) is 13.8 Å². The molecule has 0 aliphatic heterocycles. The third-order valence-electron chi connectivity index (χ3n) is 6.29. The van der Waals surface area contributed by atoms with Crippen molar-refractivity contribution in [3.63, 3.8) is 0 Å². The van der Waals surface area contributed by atoms with Crippen molar-refractivity contribution in [2.75, 3.05) is 6.54 Å². The summed E-state index contributed by atoms with van der Waals surface area (Å²) in [5, 5.41) is 0. The quantitative estimate of drug-likeness (QED) is 0.197. The van der Waals surface area contributed by atoms with Crippen LogP contribution in [-0.4, -0.2) is 35.0 Å². The van der Waals surface area contributed by atoms with Crippen LogP contribution < -0.4 is 15.0 Å². The molecule has 1 aromatic heterocycles. The number of nitrogens with one attached hydrogen (secondary N) is 2. The smallest absolute Gasteiger partial charge is 0.250 e. The molecule has 1 heterocycles. The first-order valence-corrected chi connectivity index (χ1v) is 14.8. The molecule has 0 aliphatic carbocycles. The summed E-state index contributed by atoms with van der Waals surface area (Å²) in [6.45, 7) is 7.20. The number of nitrogens with zero attached hydrogens (tertiary/aromatic N) is 1. The minimum absolute atomic E-state index is 0.0115. The van der Waals surface area contributed by atoms with E-state index in [4.69, 9.17) is 0 Å². The average molecular weight is 593 g/mol. The first-order chi connectivity index (χ1) is 18.7. The van der Waals surface area contributed by atoms with E-state index < -0.39 is 50.8 Å². The Balaban J connectivity index is 2.27. The van der Waals surface area contributed by atoms with Crippen molar-refractivity contribution in [2.24, 2.45) is 7.05 Å². The molecular weight excluding hydrogens is 560 g/mol. The maximum Gasteiger partial charge on any atom is 0.250 e. The molecule has 12 heteroatoms. The Morgan fingerprint density at radius 1 is 1.12 bits per heavy atom. The van der Waals surface area contributed by atoms with Gasteiger partial charge in [-0.25, -0.2) is 13.5 Å². The Morgan fingerprint density at radius 2 is 1.77 bits per heavy atom. The number of hydrogen-bond donors (Lipinski definition) is 2. The van der Waals surface area contributed by atoms with Crippen molar-refractivity contribution in [3.05, 3.63) is 92.9 Å². The summed E-state index contributed by atoms with van der Waals surface area (Å²) in [6.07, 6.45) is 1.96. The molecule has 0 radical (unpaired) electrons. The van der Waals surface area contributed by atoms with E-state index in [-0.39, 0.29) is 35.2 Å². The number of pyridine rings is 1. The predicted octanol–water partition coefficient (Wildman–Crippen LogP) is 3.99. The van der Waals surface area contributed by atoms with Gasteiger partial charge in [0.15, 0.2) is 5.78 Å². The van der Waals surface area contributed by atoms with E-state index in [9.17, 15) is 27.3 Å². The van der Waals surface area contributed by atoms with E-state index in [0.717, 1.165) is 18.2 Å². The Morgan fingerprint density at radius 3 is 2.35 bits per heavy atom. The monoisotopic (exact) mass is 592 g/mol. The number of carbonyl (C=O) groups excluding carboxylic acids is 1. The van der Waals surface area contributed by atoms with Crippen LogP contribution in [0, 0.1) is 11.6 Å². The second kappa shape index (κ2) is 13.3. The molecule has 3 rings (SSSR count). The summed E-state index contributed by atoms with van der Waals surface area (Å²) in [5.41, 5.74) is 1.09. The molecule has 3 unspecified atom stereocenters. The van der Waals surface area contributed by atoms with Gasteiger partial charge in [-0.2, -0.15) is 0 Å². The second-order valence-electron chi connectivity index (χ2n) is 10.3. The van der Waals surface area contributed by atoms with E-state index >= 15 is 4.39 Å². The van der Waals surface area contributed by atoms with Crippen LogP contribution in [0.15, 0.2) is 53.5 Å². The topological polar surface area (TPSA) is 126 Å². The lowest BCUT2D eigenvalue weighted by Gasteiger charge is -2.29. The molecule has 3 atom stereocenters. The summed E-state index contributed by atoms with van der Waals surface area (Å²) >= 11 is -4.03. The summed E-state index contributed by atoms with van der Waals surface area (Å²) < 4.78 is 69.7. The van der Waals surface area contributed by atoms with Crippen molar-refractivity contribution in [1.29, 1.82) is 0 Å². The Labute approximate surface area is 237 Å². The molecule has 2 aromatic carbocycles. The maximum absolute atomic E-state index is 15.3. The summed E-state index contributed by atoms with van der Waals surface area (Å²) in [6, 6.07) is 8.21. The van der Waals surface area contributed by atoms with Gasteiger partial charge in [-0.15, -0.1) is 4.72 Å². The Kier molecular flexibility index (Phi) is 10.6. The molecular formula is C28H32F2N3O5S2-. The lowest BCUT2D eigenvalue weighted by Crippen LogP contribution is -2.41. The van der Waals surface area contributed by atoms with E-state index in [0.29, 0.717) is 23.1 Å². The molecule has 216 valence electrons. The van der Waals surface area contributed by atoms with E-state index in [1.165, 1.54) is 42.1 Å². The number of carbonyl (C=O) groups is 1. The van der Waals surface area contributed by atoms with Crippen molar-refractivity contribution in [1.82, 2.24) is 14.0 Å². The number of benzene rings is 2. The van der Waals surface area contributed by atoms with Gasteiger partial charge in [-0.05, 0) is 86.7 Å². The molecule has 0 spiro atoms. The fourth-order valence-corrected chi connectivity index (χ4v) is 5.25. The number of ketones is 1. The number of hydrogen-bond acceptors (Lipinski definition) is 6. The van der Waals surface area contributed by atoms with E-state index in [1.807, 2.05) is 27.7 Å². The number of rotatable bonds is 11. The van der Waals surface area contributed by atoms with Gasteiger partial charge < -0.3 is 13.7 Å². The highest BCUT2D eigenvalue weighted by molar-refractivity contribution is 7.90. The lowest BCUT2D eigenvalue weighted by atomic mass is 9.88. The molecule has 0 amide bonds. The van der Waals surface area contributed by atoms with Crippen LogP contribution in [0.2, 0.25) is 0 Å². The van der Waals surface area contributed by atoms with Gasteiger partial charge >= 0.3 is 0 Å². The fraction of sp³-hybridized carbons (Fsp3) is 0.357. The van der Waals surface area contributed by atoms with Crippen LogP contribution in [0.4, 0.5) is 8.78 Å². The molecule has 0 saturated heterocycles.